The van der Waals surface area contributed by atoms with E-state index >= 15 is 0 Å². The SMILES string of the molecule is CCC1CCC(CN)C(N2CC(=O)NC(=O)C2)C1. The highest BCUT2D eigenvalue weighted by Gasteiger charge is 2.36. The van der Waals surface area contributed by atoms with E-state index in [0.717, 1.165) is 12.8 Å². The van der Waals surface area contributed by atoms with Gasteiger partial charge in [0.05, 0.1) is 13.1 Å². The van der Waals surface area contributed by atoms with Crippen molar-refractivity contribution in [2.75, 3.05) is 19.6 Å². The first-order chi connectivity index (χ1) is 8.63. The molecule has 3 unspecified atom stereocenters. The number of nitrogens with two attached hydrogens (primary N) is 1. The zero-order chi connectivity index (χ0) is 13.1. The lowest BCUT2D eigenvalue weighted by Gasteiger charge is -2.43. The van der Waals surface area contributed by atoms with Gasteiger partial charge in [-0.1, -0.05) is 19.8 Å². The Morgan fingerprint density at radius 3 is 2.50 bits per heavy atom. The van der Waals surface area contributed by atoms with Gasteiger partial charge in [-0.25, -0.2) is 0 Å². The van der Waals surface area contributed by atoms with Crippen LogP contribution < -0.4 is 11.1 Å². The molecule has 18 heavy (non-hydrogen) atoms. The first kappa shape index (κ1) is 13.5. The quantitative estimate of drug-likeness (QED) is 0.699. The van der Waals surface area contributed by atoms with Gasteiger partial charge in [0.2, 0.25) is 11.8 Å². The van der Waals surface area contributed by atoms with Crippen LogP contribution in [0.4, 0.5) is 0 Å². The average molecular weight is 253 g/mol. The molecule has 0 spiro atoms. The Kier molecular flexibility index (Phi) is 4.35. The fourth-order valence-electron chi connectivity index (χ4n) is 3.28. The molecule has 1 aliphatic carbocycles. The Labute approximate surface area is 108 Å². The Hall–Kier alpha value is -0.940. The summed E-state index contributed by atoms with van der Waals surface area (Å²) in [5, 5.41) is 2.36. The maximum atomic E-state index is 11.5. The van der Waals surface area contributed by atoms with E-state index in [4.69, 9.17) is 5.73 Å². The predicted molar refractivity (Wildman–Crippen MR) is 68.7 cm³/mol. The van der Waals surface area contributed by atoms with Crippen molar-refractivity contribution in [3.8, 4) is 0 Å². The van der Waals surface area contributed by atoms with Gasteiger partial charge < -0.3 is 5.73 Å². The maximum absolute atomic E-state index is 11.5. The van der Waals surface area contributed by atoms with Crippen LogP contribution in [0.15, 0.2) is 0 Å². The minimum Gasteiger partial charge on any atom is -0.330 e. The van der Waals surface area contributed by atoms with E-state index in [2.05, 4.69) is 12.2 Å². The Bertz CT molecular complexity index is 316. The van der Waals surface area contributed by atoms with Crippen LogP contribution in [0.25, 0.3) is 0 Å². The van der Waals surface area contributed by atoms with Gasteiger partial charge in [0.15, 0.2) is 0 Å². The van der Waals surface area contributed by atoms with Gasteiger partial charge in [0.1, 0.15) is 0 Å². The summed E-state index contributed by atoms with van der Waals surface area (Å²) in [5.74, 6) is 0.769. The van der Waals surface area contributed by atoms with Gasteiger partial charge in [0, 0.05) is 6.04 Å². The third kappa shape index (κ3) is 2.90. The van der Waals surface area contributed by atoms with E-state index in [-0.39, 0.29) is 11.8 Å². The molecule has 1 saturated heterocycles. The molecule has 1 saturated carbocycles. The number of carbonyl (C=O) groups excluding carboxylic acids is 2. The Balaban J connectivity index is 2.07. The number of carbonyl (C=O) groups is 2. The van der Waals surface area contributed by atoms with Crippen LogP contribution >= 0.6 is 0 Å². The van der Waals surface area contributed by atoms with Gasteiger partial charge >= 0.3 is 0 Å². The molecule has 2 fully saturated rings. The van der Waals surface area contributed by atoms with E-state index < -0.39 is 0 Å². The van der Waals surface area contributed by atoms with Crippen molar-refractivity contribution in [2.24, 2.45) is 17.6 Å². The third-order valence-electron chi connectivity index (χ3n) is 4.39. The molecule has 5 heteroatoms. The number of hydrogen-bond donors (Lipinski definition) is 2. The smallest absolute Gasteiger partial charge is 0.240 e. The van der Waals surface area contributed by atoms with E-state index in [1.54, 1.807) is 0 Å². The molecular weight excluding hydrogens is 230 g/mol. The number of amides is 2. The predicted octanol–water partition coefficient (Wildman–Crippen LogP) is 0.0984. The second kappa shape index (κ2) is 5.80. The molecule has 0 radical (unpaired) electrons. The highest BCUT2D eigenvalue weighted by atomic mass is 16.2. The van der Waals surface area contributed by atoms with E-state index in [1.165, 1.54) is 12.8 Å². The lowest BCUT2D eigenvalue weighted by atomic mass is 9.76. The summed E-state index contributed by atoms with van der Waals surface area (Å²) in [6.07, 6.45) is 4.58. The first-order valence-electron chi connectivity index (χ1n) is 6.90. The highest BCUT2D eigenvalue weighted by molar-refractivity contribution is 5.99. The minimum absolute atomic E-state index is 0.180. The van der Waals surface area contributed by atoms with Crippen LogP contribution in [-0.2, 0) is 9.59 Å². The molecule has 3 N–H and O–H groups in total. The fourth-order valence-corrected chi connectivity index (χ4v) is 3.28. The average Bonchev–Trinajstić information content (AvgIpc) is 2.36. The zero-order valence-electron chi connectivity index (χ0n) is 11.0. The maximum Gasteiger partial charge on any atom is 0.240 e. The number of rotatable bonds is 3. The first-order valence-corrected chi connectivity index (χ1v) is 6.90. The number of hydrogen-bond acceptors (Lipinski definition) is 4. The van der Waals surface area contributed by atoms with Crippen molar-refractivity contribution >= 4 is 11.8 Å². The van der Waals surface area contributed by atoms with Crippen molar-refractivity contribution in [1.82, 2.24) is 10.2 Å². The summed E-state index contributed by atoms with van der Waals surface area (Å²) in [5.41, 5.74) is 5.84. The monoisotopic (exact) mass is 253 g/mol. The number of nitrogens with one attached hydrogen (secondary N) is 1. The van der Waals surface area contributed by atoms with Crippen LogP contribution in [0.2, 0.25) is 0 Å². The minimum atomic E-state index is -0.180. The standard InChI is InChI=1S/C13H23N3O2/c1-2-9-3-4-10(6-14)11(5-9)16-7-12(17)15-13(18)8-16/h9-11H,2-8,14H2,1H3,(H,15,17,18). The van der Waals surface area contributed by atoms with Crippen molar-refractivity contribution in [3.63, 3.8) is 0 Å². The Morgan fingerprint density at radius 1 is 1.28 bits per heavy atom. The molecule has 1 aliphatic heterocycles. The van der Waals surface area contributed by atoms with Gasteiger partial charge in [-0.05, 0) is 31.2 Å². The molecule has 0 aromatic carbocycles. The summed E-state index contributed by atoms with van der Waals surface area (Å²) in [6, 6.07) is 0.295. The topological polar surface area (TPSA) is 75.4 Å². The molecule has 3 atom stereocenters. The molecule has 5 nitrogen and oxygen atoms in total. The van der Waals surface area contributed by atoms with Gasteiger partial charge in [-0.15, -0.1) is 0 Å². The molecule has 2 aliphatic rings. The van der Waals surface area contributed by atoms with Crippen molar-refractivity contribution in [2.45, 2.75) is 38.6 Å². The van der Waals surface area contributed by atoms with E-state index in [0.29, 0.717) is 37.5 Å². The summed E-state index contributed by atoms with van der Waals surface area (Å²) >= 11 is 0. The number of piperazine rings is 1. The van der Waals surface area contributed by atoms with Crippen LogP contribution in [0, 0.1) is 11.8 Å². The van der Waals surface area contributed by atoms with Crippen molar-refractivity contribution in [1.29, 1.82) is 0 Å². The van der Waals surface area contributed by atoms with Crippen LogP contribution in [-0.4, -0.2) is 42.4 Å². The normalized spacial score (nSPS) is 34.4. The molecule has 2 amide bonds. The largest absolute Gasteiger partial charge is 0.330 e. The number of imide groups is 1. The summed E-state index contributed by atoms with van der Waals surface area (Å²) in [4.78, 5) is 25.0. The van der Waals surface area contributed by atoms with Crippen LogP contribution in [0.5, 0.6) is 0 Å². The van der Waals surface area contributed by atoms with Crippen molar-refractivity contribution in [3.05, 3.63) is 0 Å². The molecular formula is C13H23N3O2. The van der Waals surface area contributed by atoms with Crippen molar-refractivity contribution < 1.29 is 9.59 Å². The van der Waals surface area contributed by atoms with Crippen LogP contribution in [0.3, 0.4) is 0 Å². The molecule has 1 heterocycles. The van der Waals surface area contributed by atoms with Gasteiger partial charge in [-0.3, -0.25) is 19.8 Å². The van der Waals surface area contributed by atoms with Gasteiger partial charge in [0.25, 0.3) is 0 Å². The molecule has 102 valence electrons. The van der Waals surface area contributed by atoms with E-state index in [1.807, 2.05) is 4.90 Å². The summed E-state index contributed by atoms with van der Waals surface area (Å²) < 4.78 is 0. The second-order valence-electron chi connectivity index (χ2n) is 5.53. The van der Waals surface area contributed by atoms with Gasteiger partial charge in [-0.2, -0.15) is 0 Å². The third-order valence-corrected chi connectivity index (χ3v) is 4.39. The second-order valence-corrected chi connectivity index (χ2v) is 5.53. The molecule has 0 aromatic rings. The number of nitrogens with zero attached hydrogens (tertiary/aromatic N) is 1. The fraction of sp³-hybridized carbons (Fsp3) is 0.846. The Morgan fingerprint density at radius 2 is 1.94 bits per heavy atom. The summed E-state index contributed by atoms with van der Waals surface area (Å²) in [7, 11) is 0. The lowest BCUT2D eigenvalue weighted by molar-refractivity contribution is -0.138. The molecule has 0 bridgehead atoms. The van der Waals surface area contributed by atoms with Crippen LogP contribution in [0.1, 0.15) is 32.6 Å². The lowest BCUT2D eigenvalue weighted by Crippen LogP contribution is -2.58. The highest BCUT2D eigenvalue weighted by Crippen LogP contribution is 2.33. The van der Waals surface area contributed by atoms with E-state index in [9.17, 15) is 9.59 Å². The summed E-state index contributed by atoms with van der Waals surface area (Å²) in [6.45, 7) is 3.53. The zero-order valence-corrected chi connectivity index (χ0v) is 11.0. The molecule has 0 aromatic heterocycles. The molecule has 2 rings (SSSR count).